The molecule has 2 aliphatic rings. The maximum absolute atomic E-state index is 12.2. The average molecular weight is 365 g/mol. The van der Waals surface area contributed by atoms with Gasteiger partial charge in [0.1, 0.15) is 11.6 Å². The van der Waals surface area contributed by atoms with E-state index in [9.17, 15) is 4.79 Å². The fourth-order valence-electron chi connectivity index (χ4n) is 3.58. The fourth-order valence-corrected chi connectivity index (χ4v) is 3.58. The number of morpholine rings is 1. The van der Waals surface area contributed by atoms with E-state index in [0.717, 1.165) is 76.7 Å². The number of hydrogen-bond donors (Lipinski definition) is 0. The van der Waals surface area contributed by atoms with Gasteiger partial charge in [-0.15, -0.1) is 10.2 Å². The van der Waals surface area contributed by atoms with Crippen molar-refractivity contribution in [3.05, 3.63) is 11.6 Å². The summed E-state index contributed by atoms with van der Waals surface area (Å²) in [5, 5.41) is 8.86. The number of rotatable bonds is 6. The molecule has 146 valence electrons. The third-order valence-corrected chi connectivity index (χ3v) is 5.24. The summed E-state index contributed by atoms with van der Waals surface area (Å²) in [6.07, 6.45) is 3.75. The van der Waals surface area contributed by atoms with E-state index < -0.39 is 0 Å². The third kappa shape index (κ3) is 4.73. The number of aromatic nitrogens is 3. The molecule has 1 amide bonds. The van der Waals surface area contributed by atoms with Crippen molar-refractivity contribution in [2.24, 2.45) is 7.05 Å². The van der Waals surface area contributed by atoms with Crippen LogP contribution in [0.1, 0.15) is 50.2 Å². The van der Waals surface area contributed by atoms with Crippen molar-refractivity contribution in [3.8, 4) is 0 Å². The molecule has 2 saturated heterocycles. The van der Waals surface area contributed by atoms with Gasteiger partial charge in [-0.05, 0) is 19.3 Å². The van der Waals surface area contributed by atoms with E-state index >= 15 is 0 Å². The second-order valence-corrected chi connectivity index (χ2v) is 7.18. The Morgan fingerprint density at radius 3 is 2.85 bits per heavy atom. The molecule has 0 spiro atoms. The number of hydrogen-bond acceptors (Lipinski definition) is 6. The Balaban J connectivity index is 1.58. The van der Waals surface area contributed by atoms with Gasteiger partial charge in [-0.25, -0.2) is 4.79 Å². The monoisotopic (exact) mass is 365 g/mol. The van der Waals surface area contributed by atoms with Gasteiger partial charge in [0.25, 0.3) is 0 Å². The maximum Gasteiger partial charge on any atom is 0.409 e. The molecule has 0 N–H and O–H groups in total. The zero-order valence-electron chi connectivity index (χ0n) is 16.0. The number of ether oxygens (including phenoxy) is 2. The smallest absolute Gasteiger partial charge is 0.409 e. The molecule has 0 aliphatic carbocycles. The quantitative estimate of drug-likeness (QED) is 0.716. The molecule has 0 radical (unpaired) electrons. The first kappa shape index (κ1) is 19.1. The maximum atomic E-state index is 12.2. The molecule has 1 aromatic rings. The molecule has 0 saturated carbocycles. The van der Waals surface area contributed by atoms with Crippen molar-refractivity contribution in [2.75, 3.05) is 46.0 Å². The summed E-state index contributed by atoms with van der Waals surface area (Å²) in [6.45, 7) is 8.24. The van der Waals surface area contributed by atoms with Gasteiger partial charge in [-0.2, -0.15) is 0 Å². The predicted octanol–water partition coefficient (Wildman–Crippen LogP) is 1.76. The highest BCUT2D eigenvalue weighted by atomic mass is 16.6. The molecule has 26 heavy (non-hydrogen) atoms. The Kier molecular flexibility index (Phi) is 6.85. The van der Waals surface area contributed by atoms with Gasteiger partial charge in [-0.1, -0.05) is 13.3 Å². The molecule has 1 aromatic heterocycles. The van der Waals surface area contributed by atoms with Gasteiger partial charge in [0.05, 0.1) is 26.4 Å². The summed E-state index contributed by atoms with van der Waals surface area (Å²) in [4.78, 5) is 16.4. The number of piperidine rings is 1. The average Bonchev–Trinajstić information content (AvgIpc) is 3.03. The number of nitrogens with zero attached hydrogens (tertiary/aromatic N) is 5. The van der Waals surface area contributed by atoms with E-state index in [2.05, 4.69) is 26.6 Å². The van der Waals surface area contributed by atoms with E-state index in [1.165, 1.54) is 0 Å². The lowest BCUT2D eigenvalue weighted by Crippen LogP contribution is -2.40. The summed E-state index contributed by atoms with van der Waals surface area (Å²) in [7, 11) is 2.03. The molecular weight excluding hydrogens is 334 g/mol. The van der Waals surface area contributed by atoms with Gasteiger partial charge < -0.3 is 18.9 Å². The Morgan fingerprint density at radius 1 is 1.27 bits per heavy atom. The van der Waals surface area contributed by atoms with E-state index in [4.69, 9.17) is 9.47 Å². The molecular formula is C18H31N5O3. The largest absolute Gasteiger partial charge is 0.449 e. The zero-order chi connectivity index (χ0) is 18.4. The minimum absolute atomic E-state index is 0.196. The first-order valence-corrected chi connectivity index (χ1v) is 9.79. The van der Waals surface area contributed by atoms with Gasteiger partial charge in [0, 0.05) is 39.1 Å². The fraction of sp³-hybridized carbons (Fsp3) is 0.833. The van der Waals surface area contributed by atoms with Crippen molar-refractivity contribution in [2.45, 2.75) is 45.1 Å². The van der Waals surface area contributed by atoms with Crippen molar-refractivity contribution in [1.29, 1.82) is 0 Å². The molecule has 3 heterocycles. The zero-order valence-corrected chi connectivity index (χ0v) is 16.0. The van der Waals surface area contributed by atoms with Crippen molar-refractivity contribution in [1.82, 2.24) is 24.6 Å². The molecule has 0 aromatic carbocycles. The molecule has 2 fully saturated rings. The van der Waals surface area contributed by atoms with E-state index in [1.807, 2.05) is 11.9 Å². The first-order chi connectivity index (χ1) is 12.7. The third-order valence-electron chi connectivity index (χ3n) is 5.24. The summed E-state index contributed by atoms with van der Waals surface area (Å²) in [5.41, 5.74) is 0. The molecule has 2 aliphatic heterocycles. The van der Waals surface area contributed by atoms with Gasteiger partial charge >= 0.3 is 6.09 Å². The second-order valence-electron chi connectivity index (χ2n) is 7.18. The van der Waals surface area contributed by atoms with Gasteiger partial charge in [-0.3, -0.25) is 4.90 Å². The van der Waals surface area contributed by atoms with Crippen LogP contribution >= 0.6 is 0 Å². The number of unbranched alkanes of at least 4 members (excludes halogenated alkanes) is 1. The highest BCUT2D eigenvalue weighted by molar-refractivity contribution is 5.67. The van der Waals surface area contributed by atoms with Gasteiger partial charge in [0.15, 0.2) is 0 Å². The van der Waals surface area contributed by atoms with Crippen LogP contribution in [0.5, 0.6) is 0 Å². The Morgan fingerprint density at radius 2 is 2.08 bits per heavy atom. The number of amides is 1. The minimum Gasteiger partial charge on any atom is -0.449 e. The van der Waals surface area contributed by atoms with E-state index in [0.29, 0.717) is 13.2 Å². The Bertz CT molecular complexity index is 585. The molecule has 8 nitrogen and oxygen atoms in total. The van der Waals surface area contributed by atoms with E-state index in [1.54, 1.807) is 0 Å². The lowest BCUT2D eigenvalue weighted by molar-refractivity contribution is 0.0326. The highest BCUT2D eigenvalue weighted by Gasteiger charge is 2.29. The molecule has 0 unspecified atom stereocenters. The topological polar surface area (TPSA) is 72.7 Å². The van der Waals surface area contributed by atoms with Gasteiger partial charge in [0.2, 0.25) is 0 Å². The summed E-state index contributed by atoms with van der Waals surface area (Å²) in [6, 6.07) is 0. The van der Waals surface area contributed by atoms with Crippen molar-refractivity contribution < 1.29 is 14.3 Å². The highest BCUT2D eigenvalue weighted by Crippen LogP contribution is 2.26. The SMILES string of the molecule is CCCCOC(=O)N1CCC[C@@H](c2nnc(CN3CCOCC3)n2C)C1. The van der Waals surface area contributed by atoms with Crippen LogP contribution in [0.4, 0.5) is 4.79 Å². The Labute approximate surface area is 155 Å². The Hall–Kier alpha value is -1.67. The van der Waals surface area contributed by atoms with Crippen LogP contribution in [0.3, 0.4) is 0 Å². The van der Waals surface area contributed by atoms with Crippen molar-refractivity contribution in [3.63, 3.8) is 0 Å². The second kappa shape index (κ2) is 9.32. The molecule has 0 bridgehead atoms. The van der Waals surface area contributed by atoms with Crippen LogP contribution in [-0.2, 0) is 23.1 Å². The molecule has 1 atom stereocenters. The predicted molar refractivity (Wildman–Crippen MR) is 96.9 cm³/mol. The van der Waals surface area contributed by atoms with Crippen LogP contribution in [-0.4, -0.2) is 76.7 Å². The normalized spacial score (nSPS) is 21.8. The number of carbonyl (C=O) groups excluding carboxylic acids is 1. The standard InChI is InChI=1S/C18H31N5O3/c1-3-4-10-26-18(24)23-7-5-6-15(13-23)17-20-19-16(21(17)2)14-22-8-11-25-12-9-22/h15H,3-14H2,1-2H3/t15-/m1/s1. The minimum atomic E-state index is -0.196. The van der Waals surface area contributed by atoms with Crippen LogP contribution in [0.25, 0.3) is 0 Å². The molecule has 8 heteroatoms. The van der Waals surface area contributed by atoms with Crippen LogP contribution in [0.15, 0.2) is 0 Å². The first-order valence-electron chi connectivity index (χ1n) is 9.79. The lowest BCUT2D eigenvalue weighted by atomic mass is 9.97. The molecule has 3 rings (SSSR count). The van der Waals surface area contributed by atoms with Crippen LogP contribution < -0.4 is 0 Å². The van der Waals surface area contributed by atoms with Crippen molar-refractivity contribution >= 4 is 6.09 Å². The summed E-state index contributed by atoms with van der Waals surface area (Å²) < 4.78 is 12.9. The lowest BCUT2D eigenvalue weighted by Gasteiger charge is -2.31. The summed E-state index contributed by atoms with van der Waals surface area (Å²) in [5.74, 6) is 2.17. The summed E-state index contributed by atoms with van der Waals surface area (Å²) >= 11 is 0. The van der Waals surface area contributed by atoms with Crippen LogP contribution in [0.2, 0.25) is 0 Å². The van der Waals surface area contributed by atoms with Crippen LogP contribution in [0, 0.1) is 0 Å². The van der Waals surface area contributed by atoms with E-state index in [-0.39, 0.29) is 12.0 Å². The number of carbonyl (C=O) groups is 1. The number of likely N-dealkylation sites (tertiary alicyclic amines) is 1.